The molecule has 1 N–H and O–H groups in total. The lowest BCUT2D eigenvalue weighted by Gasteiger charge is -2.16. The van der Waals surface area contributed by atoms with Crippen molar-refractivity contribution < 1.29 is 28.6 Å². The predicted octanol–water partition coefficient (Wildman–Crippen LogP) is 3.87. The van der Waals surface area contributed by atoms with Crippen LogP contribution in [0.1, 0.15) is 34.3 Å². The second-order valence-corrected chi connectivity index (χ2v) is 5.83. The quantitative estimate of drug-likeness (QED) is 0.676. The number of carboxylic acids is 1. The van der Waals surface area contributed by atoms with Gasteiger partial charge in [0.2, 0.25) is 5.78 Å². The molecular weight excluding hydrogens is 336 g/mol. The lowest BCUT2D eigenvalue weighted by Crippen LogP contribution is -2.12. The van der Waals surface area contributed by atoms with Crippen molar-refractivity contribution in [1.82, 2.24) is 0 Å². The topological polar surface area (TPSA) is 86.0 Å². The Bertz CT molecular complexity index is 968. The second-order valence-electron chi connectivity index (χ2n) is 5.83. The van der Waals surface area contributed by atoms with E-state index in [1.165, 1.54) is 13.4 Å². The van der Waals surface area contributed by atoms with Crippen molar-refractivity contribution in [3.63, 3.8) is 0 Å². The lowest BCUT2D eigenvalue weighted by molar-refractivity contribution is -0.138. The maximum atomic E-state index is 13.2. The highest BCUT2D eigenvalue weighted by Gasteiger charge is 2.28. The normalized spacial score (nSPS) is 12.0. The summed E-state index contributed by atoms with van der Waals surface area (Å²) >= 11 is 0. The maximum Gasteiger partial charge on any atom is 0.310 e. The first-order chi connectivity index (χ1) is 12.5. The van der Waals surface area contributed by atoms with Gasteiger partial charge < -0.3 is 19.0 Å². The average Bonchev–Trinajstić information content (AvgIpc) is 3.13. The van der Waals surface area contributed by atoms with Crippen molar-refractivity contribution in [2.45, 2.75) is 12.8 Å². The standard InChI is InChI=1S/C20H18O6/c1-11(20(22)23)15-10-13-8-9-26-18(13)16(19(15)25-3)17(21)12-4-6-14(24-2)7-5-12/h4-11H,1-3H3,(H,22,23). The summed E-state index contributed by atoms with van der Waals surface area (Å²) in [5.41, 5.74) is 1.42. The Hall–Kier alpha value is -3.28. The van der Waals surface area contributed by atoms with Gasteiger partial charge in [-0.1, -0.05) is 0 Å². The summed E-state index contributed by atoms with van der Waals surface area (Å²) in [7, 11) is 2.95. The molecule has 0 saturated carbocycles. The van der Waals surface area contributed by atoms with Crippen molar-refractivity contribution >= 4 is 22.7 Å². The molecule has 0 spiro atoms. The van der Waals surface area contributed by atoms with Crippen LogP contribution in [-0.4, -0.2) is 31.1 Å². The Kier molecular flexibility index (Phi) is 4.67. The highest BCUT2D eigenvalue weighted by molar-refractivity contribution is 6.17. The van der Waals surface area contributed by atoms with Gasteiger partial charge in [0.05, 0.1) is 26.4 Å². The molecule has 1 aromatic heterocycles. The molecule has 0 aliphatic rings. The summed E-state index contributed by atoms with van der Waals surface area (Å²) in [5, 5.41) is 10.0. The predicted molar refractivity (Wildman–Crippen MR) is 95.2 cm³/mol. The van der Waals surface area contributed by atoms with Crippen LogP contribution in [-0.2, 0) is 4.79 Å². The van der Waals surface area contributed by atoms with Crippen LogP contribution in [0.5, 0.6) is 11.5 Å². The van der Waals surface area contributed by atoms with E-state index in [9.17, 15) is 14.7 Å². The van der Waals surface area contributed by atoms with Crippen LogP contribution in [0, 0.1) is 0 Å². The number of methoxy groups -OCH3 is 2. The van der Waals surface area contributed by atoms with Crippen molar-refractivity contribution in [3.05, 3.63) is 59.4 Å². The summed E-state index contributed by atoms with van der Waals surface area (Å²) in [4.78, 5) is 24.6. The smallest absolute Gasteiger partial charge is 0.310 e. The van der Waals surface area contributed by atoms with Crippen molar-refractivity contribution in [2.24, 2.45) is 0 Å². The average molecular weight is 354 g/mol. The van der Waals surface area contributed by atoms with E-state index in [1.54, 1.807) is 50.4 Å². The first-order valence-electron chi connectivity index (χ1n) is 7.97. The van der Waals surface area contributed by atoms with Gasteiger partial charge in [0, 0.05) is 16.5 Å². The molecule has 3 rings (SSSR count). The second kappa shape index (κ2) is 6.92. The number of carbonyl (C=O) groups is 2. The van der Waals surface area contributed by atoms with Gasteiger partial charge in [-0.25, -0.2) is 0 Å². The Morgan fingerprint density at radius 3 is 2.35 bits per heavy atom. The summed E-state index contributed by atoms with van der Waals surface area (Å²) in [6.45, 7) is 1.55. The number of ether oxygens (including phenoxy) is 2. The van der Waals surface area contributed by atoms with Gasteiger partial charge >= 0.3 is 5.97 Å². The molecular formula is C20H18O6. The van der Waals surface area contributed by atoms with Crippen molar-refractivity contribution in [2.75, 3.05) is 14.2 Å². The lowest BCUT2D eigenvalue weighted by atomic mass is 9.92. The summed E-state index contributed by atoms with van der Waals surface area (Å²) in [6.07, 6.45) is 1.46. The van der Waals surface area contributed by atoms with E-state index in [0.29, 0.717) is 27.8 Å². The molecule has 0 radical (unpaired) electrons. The number of aliphatic carboxylic acids is 1. The molecule has 0 bridgehead atoms. The van der Waals surface area contributed by atoms with Crippen LogP contribution in [0.15, 0.2) is 47.1 Å². The molecule has 0 aliphatic carbocycles. The zero-order valence-corrected chi connectivity index (χ0v) is 14.6. The van der Waals surface area contributed by atoms with Gasteiger partial charge in [-0.15, -0.1) is 0 Å². The van der Waals surface area contributed by atoms with Crippen LogP contribution in [0.25, 0.3) is 11.0 Å². The zero-order chi connectivity index (χ0) is 18.8. The van der Waals surface area contributed by atoms with Crippen molar-refractivity contribution in [1.29, 1.82) is 0 Å². The third kappa shape index (κ3) is 2.90. The SMILES string of the molecule is COc1ccc(C(=O)c2c(OC)c(C(C)C(=O)O)cc3ccoc23)cc1. The molecule has 0 amide bonds. The first kappa shape index (κ1) is 17.5. The van der Waals surface area contributed by atoms with Crippen LogP contribution < -0.4 is 9.47 Å². The van der Waals surface area contributed by atoms with Gasteiger partial charge in [-0.3, -0.25) is 9.59 Å². The number of hydrogen-bond acceptors (Lipinski definition) is 5. The molecule has 6 heteroatoms. The number of hydrogen-bond donors (Lipinski definition) is 1. The maximum absolute atomic E-state index is 13.2. The summed E-state index contributed by atoms with van der Waals surface area (Å²) < 4.78 is 16.1. The number of carbonyl (C=O) groups excluding carboxylic acids is 1. The Morgan fingerprint density at radius 2 is 1.77 bits per heavy atom. The molecule has 26 heavy (non-hydrogen) atoms. The Morgan fingerprint density at radius 1 is 1.08 bits per heavy atom. The van der Waals surface area contributed by atoms with Crippen LogP contribution in [0.2, 0.25) is 0 Å². The fourth-order valence-electron chi connectivity index (χ4n) is 2.88. The fraction of sp³-hybridized carbons (Fsp3) is 0.200. The van der Waals surface area contributed by atoms with Crippen molar-refractivity contribution in [3.8, 4) is 11.5 Å². The third-order valence-electron chi connectivity index (χ3n) is 4.34. The van der Waals surface area contributed by atoms with E-state index >= 15 is 0 Å². The fourth-order valence-corrected chi connectivity index (χ4v) is 2.88. The summed E-state index contributed by atoms with van der Waals surface area (Å²) in [5.74, 6) is -1.32. The summed E-state index contributed by atoms with van der Waals surface area (Å²) in [6, 6.07) is 10.0. The highest BCUT2D eigenvalue weighted by atomic mass is 16.5. The minimum atomic E-state index is -1.01. The van der Waals surface area contributed by atoms with Gasteiger partial charge in [-0.05, 0) is 43.3 Å². The third-order valence-corrected chi connectivity index (χ3v) is 4.34. The van der Waals surface area contributed by atoms with Gasteiger partial charge in [-0.2, -0.15) is 0 Å². The van der Waals surface area contributed by atoms with Gasteiger partial charge in [0.15, 0.2) is 0 Å². The molecule has 0 saturated heterocycles. The number of rotatable bonds is 6. The van der Waals surface area contributed by atoms with E-state index in [-0.39, 0.29) is 17.1 Å². The number of ketones is 1. The minimum Gasteiger partial charge on any atom is -0.497 e. The number of furan rings is 1. The van der Waals surface area contributed by atoms with E-state index < -0.39 is 11.9 Å². The van der Waals surface area contributed by atoms with Crippen LogP contribution >= 0.6 is 0 Å². The Labute approximate surface area is 149 Å². The zero-order valence-electron chi connectivity index (χ0n) is 14.6. The van der Waals surface area contributed by atoms with E-state index in [0.717, 1.165) is 0 Å². The Balaban J connectivity index is 2.23. The molecule has 2 aromatic carbocycles. The van der Waals surface area contributed by atoms with E-state index in [1.807, 2.05) is 0 Å². The highest BCUT2D eigenvalue weighted by Crippen LogP contribution is 2.38. The van der Waals surface area contributed by atoms with E-state index in [4.69, 9.17) is 13.9 Å². The minimum absolute atomic E-state index is 0.211. The molecule has 3 aromatic rings. The largest absolute Gasteiger partial charge is 0.497 e. The molecule has 0 aliphatic heterocycles. The van der Waals surface area contributed by atoms with Crippen LogP contribution in [0.4, 0.5) is 0 Å². The molecule has 134 valence electrons. The number of fused-ring (bicyclic) bond motifs is 1. The van der Waals surface area contributed by atoms with Crippen LogP contribution in [0.3, 0.4) is 0 Å². The molecule has 6 nitrogen and oxygen atoms in total. The molecule has 1 atom stereocenters. The number of carboxylic acid groups (broad SMARTS) is 1. The van der Waals surface area contributed by atoms with Gasteiger partial charge in [0.1, 0.15) is 22.6 Å². The molecule has 1 heterocycles. The monoisotopic (exact) mass is 354 g/mol. The van der Waals surface area contributed by atoms with E-state index in [2.05, 4.69) is 0 Å². The molecule has 0 fully saturated rings. The molecule has 1 unspecified atom stereocenters. The first-order valence-corrected chi connectivity index (χ1v) is 7.97. The van der Waals surface area contributed by atoms with Gasteiger partial charge in [0.25, 0.3) is 0 Å². The number of benzene rings is 2.